The predicted octanol–water partition coefficient (Wildman–Crippen LogP) is 3.18. The molecule has 0 bridgehead atoms. The third kappa shape index (κ3) is 3.48. The molecule has 2 aromatic rings. The third-order valence-corrected chi connectivity index (χ3v) is 3.47. The van der Waals surface area contributed by atoms with Crippen LogP contribution in [0.2, 0.25) is 0 Å². The maximum absolute atomic E-state index is 5.83. The first kappa shape index (κ1) is 15.2. The van der Waals surface area contributed by atoms with Crippen molar-refractivity contribution in [3.05, 3.63) is 35.0 Å². The van der Waals surface area contributed by atoms with Crippen molar-refractivity contribution in [1.29, 1.82) is 0 Å². The Labute approximate surface area is 125 Å². The summed E-state index contributed by atoms with van der Waals surface area (Å²) < 4.78 is 15.7. The standard InChI is InChI=1S/C16H22N2O3/c1-10(2)15-14(18-21-16(15)17)6-5-11-7-12(19-3)9-13(8-11)20-4/h7-10H,5-6,17H2,1-4H3. The molecule has 2 N–H and O–H groups in total. The maximum atomic E-state index is 5.83. The average molecular weight is 290 g/mol. The van der Waals surface area contributed by atoms with Gasteiger partial charge in [0.05, 0.1) is 19.9 Å². The fourth-order valence-corrected chi connectivity index (χ4v) is 2.42. The van der Waals surface area contributed by atoms with Crippen LogP contribution < -0.4 is 15.2 Å². The number of nitrogens with zero attached hydrogens (tertiary/aromatic N) is 1. The normalized spacial score (nSPS) is 10.9. The molecule has 0 unspecified atom stereocenters. The van der Waals surface area contributed by atoms with Gasteiger partial charge in [-0.05, 0) is 36.5 Å². The van der Waals surface area contributed by atoms with Crippen LogP contribution in [0.1, 0.15) is 36.6 Å². The van der Waals surface area contributed by atoms with E-state index in [1.165, 1.54) is 0 Å². The summed E-state index contributed by atoms with van der Waals surface area (Å²) in [6.45, 7) is 4.17. The van der Waals surface area contributed by atoms with Crippen LogP contribution in [-0.4, -0.2) is 19.4 Å². The van der Waals surface area contributed by atoms with E-state index < -0.39 is 0 Å². The summed E-state index contributed by atoms with van der Waals surface area (Å²) in [6, 6.07) is 5.86. The second-order valence-corrected chi connectivity index (χ2v) is 5.28. The number of hydrogen-bond donors (Lipinski definition) is 1. The monoisotopic (exact) mass is 290 g/mol. The lowest BCUT2D eigenvalue weighted by Gasteiger charge is -2.09. The van der Waals surface area contributed by atoms with Gasteiger partial charge in [0.15, 0.2) is 0 Å². The van der Waals surface area contributed by atoms with Crippen LogP contribution in [-0.2, 0) is 12.8 Å². The molecule has 5 heteroatoms. The summed E-state index contributed by atoms with van der Waals surface area (Å²) in [5.41, 5.74) is 8.89. The van der Waals surface area contributed by atoms with Crippen LogP contribution in [0, 0.1) is 0 Å². The van der Waals surface area contributed by atoms with Gasteiger partial charge in [-0.1, -0.05) is 19.0 Å². The number of aromatic nitrogens is 1. The molecule has 0 aliphatic carbocycles. The molecule has 0 saturated carbocycles. The largest absolute Gasteiger partial charge is 0.497 e. The van der Waals surface area contributed by atoms with E-state index in [4.69, 9.17) is 19.7 Å². The molecule has 0 fully saturated rings. The van der Waals surface area contributed by atoms with E-state index >= 15 is 0 Å². The van der Waals surface area contributed by atoms with Crippen molar-refractivity contribution in [2.45, 2.75) is 32.6 Å². The molecule has 21 heavy (non-hydrogen) atoms. The molecular weight excluding hydrogens is 268 g/mol. The number of methoxy groups -OCH3 is 2. The summed E-state index contributed by atoms with van der Waals surface area (Å²) in [6.07, 6.45) is 1.59. The minimum Gasteiger partial charge on any atom is -0.497 e. The van der Waals surface area contributed by atoms with Crippen molar-refractivity contribution in [3.8, 4) is 11.5 Å². The molecular formula is C16H22N2O3. The van der Waals surface area contributed by atoms with Crippen molar-refractivity contribution in [2.75, 3.05) is 20.0 Å². The van der Waals surface area contributed by atoms with E-state index in [1.807, 2.05) is 18.2 Å². The van der Waals surface area contributed by atoms with Gasteiger partial charge in [-0.2, -0.15) is 0 Å². The smallest absolute Gasteiger partial charge is 0.225 e. The van der Waals surface area contributed by atoms with E-state index in [0.29, 0.717) is 11.8 Å². The molecule has 2 rings (SSSR count). The van der Waals surface area contributed by atoms with Crippen LogP contribution in [0.3, 0.4) is 0 Å². The van der Waals surface area contributed by atoms with Crippen molar-refractivity contribution < 1.29 is 14.0 Å². The molecule has 5 nitrogen and oxygen atoms in total. The van der Waals surface area contributed by atoms with Gasteiger partial charge in [0, 0.05) is 11.6 Å². The number of rotatable bonds is 6. The molecule has 0 spiro atoms. The molecule has 114 valence electrons. The van der Waals surface area contributed by atoms with E-state index in [-0.39, 0.29) is 0 Å². The summed E-state index contributed by atoms with van der Waals surface area (Å²) in [4.78, 5) is 0. The molecule has 1 aromatic heterocycles. The summed E-state index contributed by atoms with van der Waals surface area (Å²) >= 11 is 0. The lowest BCUT2D eigenvalue weighted by atomic mass is 9.99. The summed E-state index contributed by atoms with van der Waals surface area (Å²) in [5, 5.41) is 4.07. The molecule has 0 aliphatic heterocycles. The zero-order valence-electron chi connectivity index (χ0n) is 13.0. The van der Waals surface area contributed by atoms with Gasteiger partial charge in [0.25, 0.3) is 0 Å². The summed E-state index contributed by atoms with van der Waals surface area (Å²) in [5.74, 6) is 2.29. The van der Waals surface area contributed by atoms with Crippen LogP contribution >= 0.6 is 0 Å². The Kier molecular flexibility index (Phi) is 4.73. The Balaban J connectivity index is 2.16. The molecule has 0 amide bonds. The number of aryl methyl sites for hydroxylation is 2. The van der Waals surface area contributed by atoms with Gasteiger partial charge in [-0.15, -0.1) is 0 Å². The molecule has 1 heterocycles. The maximum Gasteiger partial charge on any atom is 0.225 e. The van der Waals surface area contributed by atoms with Gasteiger partial charge in [0.2, 0.25) is 5.88 Å². The van der Waals surface area contributed by atoms with E-state index in [9.17, 15) is 0 Å². The first-order chi connectivity index (χ1) is 10.0. The quantitative estimate of drug-likeness (QED) is 0.884. The van der Waals surface area contributed by atoms with Gasteiger partial charge < -0.3 is 19.7 Å². The lowest BCUT2D eigenvalue weighted by molar-refractivity contribution is 0.393. The van der Waals surface area contributed by atoms with Gasteiger partial charge >= 0.3 is 0 Å². The van der Waals surface area contributed by atoms with Crippen LogP contribution in [0.25, 0.3) is 0 Å². The summed E-state index contributed by atoms with van der Waals surface area (Å²) in [7, 11) is 3.29. The van der Waals surface area contributed by atoms with Crippen LogP contribution in [0.4, 0.5) is 5.88 Å². The minimum absolute atomic E-state index is 0.297. The van der Waals surface area contributed by atoms with Crippen LogP contribution in [0.15, 0.2) is 22.7 Å². The van der Waals surface area contributed by atoms with E-state index in [2.05, 4.69) is 19.0 Å². The minimum atomic E-state index is 0.297. The highest BCUT2D eigenvalue weighted by molar-refractivity contribution is 5.42. The highest BCUT2D eigenvalue weighted by Gasteiger charge is 2.16. The molecule has 0 saturated heterocycles. The Morgan fingerprint density at radius 2 is 1.71 bits per heavy atom. The van der Waals surface area contributed by atoms with E-state index in [0.717, 1.165) is 41.2 Å². The molecule has 0 atom stereocenters. The average Bonchev–Trinajstić information content (AvgIpc) is 2.85. The van der Waals surface area contributed by atoms with Gasteiger partial charge in [-0.3, -0.25) is 0 Å². The molecule has 1 aromatic carbocycles. The SMILES string of the molecule is COc1cc(CCc2noc(N)c2C(C)C)cc(OC)c1. The number of ether oxygens (including phenoxy) is 2. The lowest BCUT2D eigenvalue weighted by Crippen LogP contribution is -2.00. The van der Waals surface area contributed by atoms with Crippen molar-refractivity contribution in [1.82, 2.24) is 5.16 Å². The second kappa shape index (κ2) is 6.52. The Morgan fingerprint density at radius 1 is 1.10 bits per heavy atom. The second-order valence-electron chi connectivity index (χ2n) is 5.28. The molecule has 0 aliphatic rings. The van der Waals surface area contributed by atoms with Crippen LogP contribution in [0.5, 0.6) is 11.5 Å². The number of nitrogens with two attached hydrogens (primary N) is 1. The van der Waals surface area contributed by atoms with Gasteiger partial charge in [0.1, 0.15) is 11.5 Å². The predicted molar refractivity (Wildman–Crippen MR) is 82.0 cm³/mol. The fraction of sp³-hybridized carbons (Fsp3) is 0.438. The highest BCUT2D eigenvalue weighted by atomic mass is 16.5. The third-order valence-electron chi connectivity index (χ3n) is 3.47. The van der Waals surface area contributed by atoms with E-state index in [1.54, 1.807) is 14.2 Å². The zero-order valence-corrected chi connectivity index (χ0v) is 13.0. The van der Waals surface area contributed by atoms with Crippen molar-refractivity contribution in [2.24, 2.45) is 0 Å². The first-order valence-corrected chi connectivity index (χ1v) is 7.01. The Hall–Kier alpha value is -2.17. The fourth-order valence-electron chi connectivity index (χ4n) is 2.42. The highest BCUT2D eigenvalue weighted by Crippen LogP contribution is 2.28. The Bertz CT molecular complexity index is 583. The van der Waals surface area contributed by atoms with Gasteiger partial charge in [-0.25, -0.2) is 0 Å². The first-order valence-electron chi connectivity index (χ1n) is 7.01. The number of anilines is 1. The Morgan fingerprint density at radius 3 is 2.24 bits per heavy atom. The van der Waals surface area contributed by atoms with Crippen molar-refractivity contribution >= 4 is 5.88 Å². The number of nitrogen functional groups attached to an aromatic ring is 1. The molecule has 0 radical (unpaired) electrons. The van der Waals surface area contributed by atoms with Crippen molar-refractivity contribution in [3.63, 3.8) is 0 Å². The topological polar surface area (TPSA) is 70.5 Å². The number of hydrogen-bond acceptors (Lipinski definition) is 5. The number of benzene rings is 1. The zero-order chi connectivity index (χ0) is 15.4.